The van der Waals surface area contributed by atoms with Crippen molar-refractivity contribution in [3.05, 3.63) is 12.2 Å². The SMILES string of the molecule is C=C(C)C(O)C#CCC(=O)OC. The Hall–Kier alpha value is -1.27. The van der Waals surface area contributed by atoms with Crippen LogP contribution in [0.3, 0.4) is 0 Å². The maximum Gasteiger partial charge on any atom is 0.317 e. The van der Waals surface area contributed by atoms with Gasteiger partial charge in [0.25, 0.3) is 0 Å². The van der Waals surface area contributed by atoms with Crippen molar-refractivity contribution in [2.45, 2.75) is 19.4 Å². The van der Waals surface area contributed by atoms with E-state index in [9.17, 15) is 4.79 Å². The van der Waals surface area contributed by atoms with Crippen LogP contribution in [0.5, 0.6) is 0 Å². The predicted molar refractivity (Wildman–Crippen MR) is 45.2 cm³/mol. The van der Waals surface area contributed by atoms with Crippen LogP contribution in [0.2, 0.25) is 0 Å². The molecule has 1 unspecified atom stereocenters. The fraction of sp³-hybridized carbons (Fsp3) is 0.444. The van der Waals surface area contributed by atoms with Gasteiger partial charge in [-0.1, -0.05) is 18.4 Å². The highest BCUT2D eigenvalue weighted by atomic mass is 16.5. The first kappa shape index (κ1) is 10.7. The average molecular weight is 168 g/mol. The molecule has 0 fully saturated rings. The maximum absolute atomic E-state index is 10.5. The van der Waals surface area contributed by atoms with Gasteiger partial charge < -0.3 is 9.84 Å². The van der Waals surface area contributed by atoms with Crippen molar-refractivity contribution in [3.8, 4) is 11.8 Å². The van der Waals surface area contributed by atoms with E-state index in [0.29, 0.717) is 5.57 Å². The van der Waals surface area contributed by atoms with Crippen molar-refractivity contribution in [1.82, 2.24) is 0 Å². The van der Waals surface area contributed by atoms with E-state index < -0.39 is 12.1 Å². The minimum Gasteiger partial charge on any atom is -0.468 e. The number of aliphatic hydroxyl groups is 1. The number of aliphatic hydroxyl groups excluding tert-OH is 1. The van der Waals surface area contributed by atoms with Crippen LogP contribution in [-0.4, -0.2) is 24.3 Å². The number of carbonyl (C=O) groups excluding carboxylic acids is 1. The summed E-state index contributed by atoms with van der Waals surface area (Å²) >= 11 is 0. The van der Waals surface area contributed by atoms with Crippen LogP contribution in [0.4, 0.5) is 0 Å². The van der Waals surface area contributed by atoms with Crippen molar-refractivity contribution in [2.75, 3.05) is 7.11 Å². The van der Waals surface area contributed by atoms with Crippen molar-refractivity contribution in [2.24, 2.45) is 0 Å². The Balaban J connectivity index is 3.88. The van der Waals surface area contributed by atoms with E-state index in [1.54, 1.807) is 6.92 Å². The highest BCUT2D eigenvalue weighted by Gasteiger charge is 1.98. The summed E-state index contributed by atoms with van der Waals surface area (Å²) in [5, 5.41) is 9.09. The van der Waals surface area contributed by atoms with Gasteiger partial charge in [0.05, 0.1) is 7.11 Å². The first-order valence-corrected chi connectivity index (χ1v) is 3.46. The van der Waals surface area contributed by atoms with Crippen LogP contribution in [0.15, 0.2) is 12.2 Å². The molecule has 0 aromatic carbocycles. The molecule has 66 valence electrons. The standard InChI is InChI=1S/C9H12O3/c1-7(2)8(10)5-4-6-9(11)12-3/h8,10H,1,6H2,2-3H3. The molecule has 1 atom stereocenters. The van der Waals surface area contributed by atoms with Gasteiger partial charge in [-0.25, -0.2) is 0 Å². The summed E-state index contributed by atoms with van der Waals surface area (Å²) in [7, 11) is 1.29. The van der Waals surface area contributed by atoms with Gasteiger partial charge in [-0.15, -0.1) is 0 Å². The first-order valence-electron chi connectivity index (χ1n) is 3.46. The summed E-state index contributed by atoms with van der Waals surface area (Å²) in [5.74, 6) is 4.53. The molecule has 0 amide bonds. The molecule has 0 aliphatic carbocycles. The lowest BCUT2D eigenvalue weighted by Gasteiger charge is -1.98. The molecule has 0 saturated carbocycles. The summed E-state index contributed by atoms with van der Waals surface area (Å²) < 4.78 is 4.35. The molecule has 1 N–H and O–H groups in total. The van der Waals surface area contributed by atoms with Gasteiger partial charge in [0.15, 0.2) is 0 Å². The molecule has 0 aliphatic rings. The van der Waals surface area contributed by atoms with Crippen LogP contribution in [0, 0.1) is 11.8 Å². The second-order valence-electron chi connectivity index (χ2n) is 2.32. The third-order valence-electron chi connectivity index (χ3n) is 1.17. The predicted octanol–water partition coefficient (Wildman–Crippen LogP) is 0.490. The van der Waals surface area contributed by atoms with Crippen LogP contribution >= 0.6 is 0 Å². The number of hydrogen-bond donors (Lipinski definition) is 1. The molecule has 0 radical (unpaired) electrons. The number of methoxy groups -OCH3 is 1. The molecule has 3 heteroatoms. The van der Waals surface area contributed by atoms with Crippen LogP contribution in [0.25, 0.3) is 0 Å². The third-order valence-corrected chi connectivity index (χ3v) is 1.17. The van der Waals surface area contributed by atoms with Crippen molar-refractivity contribution >= 4 is 5.97 Å². The molecule has 0 spiro atoms. The highest BCUT2D eigenvalue weighted by Crippen LogP contribution is 1.94. The topological polar surface area (TPSA) is 46.5 Å². The summed E-state index contributed by atoms with van der Waals surface area (Å²) in [4.78, 5) is 10.5. The number of hydrogen-bond acceptors (Lipinski definition) is 3. The summed E-state index contributed by atoms with van der Waals surface area (Å²) in [6, 6.07) is 0. The lowest BCUT2D eigenvalue weighted by Crippen LogP contribution is -2.04. The summed E-state index contributed by atoms with van der Waals surface area (Å²) in [6.07, 6.45) is -0.851. The molecular weight excluding hydrogens is 156 g/mol. The fourth-order valence-corrected chi connectivity index (χ4v) is 0.415. The summed E-state index contributed by atoms with van der Waals surface area (Å²) in [5.41, 5.74) is 0.562. The largest absolute Gasteiger partial charge is 0.468 e. The van der Waals surface area contributed by atoms with Crippen LogP contribution in [-0.2, 0) is 9.53 Å². The number of rotatable bonds is 2. The lowest BCUT2D eigenvalue weighted by molar-refractivity contribution is -0.139. The Bertz CT molecular complexity index is 232. The monoisotopic (exact) mass is 168 g/mol. The van der Waals surface area contributed by atoms with Crippen molar-refractivity contribution in [1.29, 1.82) is 0 Å². The number of ether oxygens (including phenoxy) is 1. The van der Waals surface area contributed by atoms with Gasteiger partial charge in [-0.2, -0.15) is 0 Å². The molecule has 0 bridgehead atoms. The van der Waals surface area contributed by atoms with Gasteiger partial charge in [-0.3, -0.25) is 4.79 Å². The van der Waals surface area contributed by atoms with E-state index in [1.165, 1.54) is 7.11 Å². The van der Waals surface area contributed by atoms with Gasteiger partial charge in [0, 0.05) is 0 Å². The van der Waals surface area contributed by atoms with Crippen LogP contribution in [0.1, 0.15) is 13.3 Å². The lowest BCUT2D eigenvalue weighted by atomic mass is 10.2. The second kappa shape index (κ2) is 5.39. The van der Waals surface area contributed by atoms with E-state index in [4.69, 9.17) is 5.11 Å². The van der Waals surface area contributed by atoms with Crippen molar-refractivity contribution in [3.63, 3.8) is 0 Å². The highest BCUT2D eigenvalue weighted by molar-refractivity contribution is 5.72. The smallest absolute Gasteiger partial charge is 0.317 e. The molecule has 0 aromatic rings. The van der Waals surface area contributed by atoms with E-state index in [0.717, 1.165) is 0 Å². The molecular formula is C9H12O3. The number of carbonyl (C=O) groups is 1. The molecule has 0 saturated heterocycles. The molecule has 12 heavy (non-hydrogen) atoms. The maximum atomic E-state index is 10.5. The molecule has 0 rings (SSSR count). The normalized spacial score (nSPS) is 10.9. The molecule has 3 nitrogen and oxygen atoms in total. The zero-order chi connectivity index (χ0) is 9.56. The van der Waals surface area contributed by atoms with E-state index in [1.807, 2.05) is 0 Å². The Morgan fingerprint density at radius 2 is 2.33 bits per heavy atom. The second-order valence-corrected chi connectivity index (χ2v) is 2.32. The first-order chi connectivity index (χ1) is 5.57. The quantitative estimate of drug-likeness (QED) is 0.371. The molecule has 0 heterocycles. The average Bonchev–Trinajstić information content (AvgIpc) is 2.03. The Morgan fingerprint density at radius 1 is 1.75 bits per heavy atom. The van der Waals surface area contributed by atoms with E-state index in [2.05, 4.69) is 23.2 Å². The van der Waals surface area contributed by atoms with Crippen LogP contribution < -0.4 is 0 Å². The third kappa shape index (κ3) is 4.53. The Kier molecular flexibility index (Phi) is 4.82. The summed E-state index contributed by atoms with van der Waals surface area (Å²) in [6.45, 7) is 5.17. The fourth-order valence-electron chi connectivity index (χ4n) is 0.415. The number of esters is 1. The van der Waals surface area contributed by atoms with Gasteiger partial charge >= 0.3 is 5.97 Å². The molecule has 0 aliphatic heterocycles. The van der Waals surface area contributed by atoms with Gasteiger partial charge in [-0.05, 0) is 12.5 Å². The zero-order valence-electron chi connectivity index (χ0n) is 7.26. The van der Waals surface area contributed by atoms with Crippen molar-refractivity contribution < 1.29 is 14.6 Å². The molecule has 0 aromatic heterocycles. The Labute approximate surface area is 72.0 Å². The van der Waals surface area contributed by atoms with Gasteiger partial charge in [0.2, 0.25) is 0 Å². The Morgan fingerprint density at radius 3 is 2.75 bits per heavy atom. The van der Waals surface area contributed by atoms with Gasteiger partial charge in [0.1, 0.15) is 12.5 Å². The van der Waals surface area contributed by atoms with E-state index in [-0.39, 0.29) is 6.42 Å². The minimum atomic E-state index is -0.852. The van der Waals surface area contributed by atoms with E-state index >= 15 is 0 Å². The zero-order valence-corrected chi connectivity index (χ0v) is 7.26. The minimum absolute atomic E-state index is 0.000833.